The number of aromatic nitrogens is 2. The summed E-state index contributed by atoms with van der Waals surface area (Å²) in [4.78, 5) is 30.7. The number of nitrogens with zero attached hydrogens (tertiary/aromatic N) is 1. The number of piperazine rings is 1. The molecule has 2 rings (SSSR count). The van der Waals surface area contributed by atoms with Crippen molar-refractivity contribution in [3.05, 3.63) is 18.2 Å². The first-order valence-corrected chi connectivity index (χ1v) is 5.96. The number of amides is 2. The van der Waals surface area contributed by atoms with Gasteiger partial charge in [-0.3, -0.25) is 9.59 Å². The van der Waals surface area contributed by atoms with Gasteiger partial charge in [0, 0.05) is 18.3 Å². The zero-order chi connectivity index (χ0) is 13.3. The van der Waals surface area contributed by atoms with Gasteiger partial charge in [-0.2, -0.15) is 0 Å². The lowest BCUT2D eigenvalue weighted by Crippen LogP contribution is -2.65. The first kappa shape index (κ1) is 12.6. The van der Waals surface area contributed by atoms with Crippen molar-refractivity contribution >= 4 is 11.8 Å². The van der Waals surface area contributed by atoms with Crippen LogP contribution in [0.15, 0.2) is 12.5 Å². The molecule has 1 aliphatic heterocycles. The fourth-order valence-electron chi connectivity index (χ4n) is 2.00. The Balaban J connectivity index is 2.06. The van der Waals surface area contributed by atoms with Gasteiger partial charge in [-0.05, 0) is 5.41 Å². The summed E-state index contributed by atoms with van der Waals surface area (Å²) in [6.45, 7) is 5.77. The van der Waals surface area contributed by atoms with E-state index in [9.17, 15) is 9.59 Å². The smallest absolute Gasteiger partial charge is 0.243 e. The Hall–Kier alpha value is -1.85. The SMILES string of the molecule is CC(C)(C)[C@@H]1NC(=O)[C@H](Cc2cnc[nH]2)NC1=O. The maximum Gasteiger partial charge on any atom is 0.243 e. The first-order chi connectivity index (χ1) is 8.38. The van der Waals surface area contributed by atoms with Crippen LogP contribution in [-0.4, -0.2) is 33.9 Å². The van der Waals surface area contributed by atoms with E-state index < -0.39 is 12.1 Å². The van der Waals surface area contributed by atoms with E-state index in [4.69, 9.17) is 0 Å². The van der Waals surface area contributed by atoms with Crippen LogP contribution < -0.4 is 10.6 Å². The fourth-order valence-corrected chi connectivity index (χ4v) is 2.00. The number of carbonyl (C=O) groups is 2. The minimum atomic E-state index is -0.531. The molecule has 0 spiro atoms. The summed E-state index contributed by atoms with van der Waals surface area (Å²) in [6.07, 6.45) is 3.62. The summed E-state index contributed by atoms with van der Waals surface area (Å²) in [5.74, 6) is -0.282. The van der Waals surface area contributed by atoms with Gasteiger partial charge in [0.1, 0.15) is 12.1 Å². The number of aromatic amines is 1. The Labute approximate surface area is 106 Å². The third-order valence-electron chi connectivity index (χ3n) is 3.03. The third-order valence-corrected chi connectivity index (χ3v) is 3.03. The van der Waals surface area contributed by atoms with Crippen LogP contribution in [-0.2, 0) is 16.0 Å². The highest BCUT2D eigenvalue weighted by Gasteiger charge is 2.40. The Morgan fingerprint density at radius 1 is 1.22 bits per heavy atom. The van der Waals surface area contributed by atoms with Crippen LogP contribution in [0.3, 0.4) is 0 Å². The number of nitrogens with one attached hydrogen (secondary N) is 3. The molecule has 0 aliphatic carbocycles. The number of hydrogen-bond acceptors (Lipinski definition) is 3. The fraction of sp³-hybridized carbons (Fsp3) is 0.583. The van der Waals surface area contributed by atoms with E-state index in [1.165, 1.54) is 0 Å². The monoisotopic (exact) mass is 250 g/mol. The molecule has 1 aromatic rings. The summed E-state index contributed by atoms with van der Waals surface area (Å²) in [5, 5.41) is 5.55. The van der Waals surface area contributed by atoms with Crippen LogP contribution in [0, 0.1) is 5.41 Å². The van der Waals surface area contributed by atoms with Crippen molar-refractivity contribution in [1.29, 1.82) is 0 Å². The normalized spacial score (nSPS) is 24.6. The standard InChI is InChI=1S/C12H18N4O2/c1-12(2,3)9-11(18)15-8(10(17)16-9)4-7-5-13-6-14-7/h5-6,8-9H,4H2,1-3H3,(H,13,14)(H,15,18)(H,16,17)/t8-,9+/m0/s1. The second kappa shape index (κ2) is 4.44. The van der Waals surface area contributed by atoms with E-state index in [-0.39, 0.29) is 17.2 Å². The van der Waals surface area contributed by atoms with Gasteiger partial charge in [-0.1, -0.05) is 20.8 Å². The van der Waals surface area contributed by atoms with Crippen LogP contribution in [0.4, 0.5) is 0 Å². The van der Waals surface area contributed by atoms with Crippen LogP contribution in [0.1, 0.15) is 26.5 Å². The molecular formula is C12H18N4O2. The van der Waals surface area contributed by atoms with Crippen molar-refractivity contribution in [2.45, 2.75) is 39.3 Å². The predicted molar refractivity (Wildman–Crippen MR) is 65.6 cm³/mol. The Morgan fingerprint density at radius 2 is 1.94 bits per heavy atom. The minimum Gasteiger partial charge on any atom is -0.348 e. The van der Waals surface area contributed by atoms with Crippen molar-refractivity contribution in [2.24, 2.45) is 5.41 Å². The molecule has 0 radical (unpaired) electrons. The van der Waals surface area contributed by atoms with Crippen molar-refractivity contribution < 1.29 is 9.59 Å². The van der Waals surface area contributed by atoms with Crippen molar-refractivity contribution in [1.82, 2.24) is 20.6 Å². The van der Waals surface area contributed by atoms with Crippen LogP contribution in [0.2, 0.25) is 0 Å². The molecule has 2 atom stereocenters. The number of hydrogen-bond donors (Lipinski definition) is 3. The lowest BCUT2D eigenvalue weighted by molar-refractivity contribution is -0.139. The van der Waals surface area contributed by atoms with E-state index >= 15 is 0 Å². The lowest BCUT2D eigenvalue weighted by atomic mass is 9.84. The van der Waals surface area contributed by atoms with E-state index in [1.807, 2.05) is 20.8 Å². The molecule has 6 heteroatoms. The van der Waals surface area contributed by atoms with Crippen molar-refractivity contribution in [2.75, 3.05) is 0 Å². The molecule has 0 unspecified atom stereocenters. The molecule has 2 amide bonds. The number of rotatable bonds is 2. The van der Waals surface area contributed by atoms with Gasteiger partial charge in [-0.25, -0.2) is 4.98 Å². The minimum absolute atomic E-state index is 0.133. The zero-order valence-electron chi connectivity index (χ0n) is 10.8. The summed E-state index contributed by atoms with van der Waals surface area (Å²) < 4.78 is 0. The highest BCUT2D eigenvalue weighted by atomic mass is 16.2. The second-order valence-electron chi connectivity index (χ2n) is 5.65. The molecule has 1 aromatic heterocycles. The maximum atomic E-state index is 12.0. The van der Waals surface area contributed by atoms with Crippen molar-refractivity contribution in [3.8, 4) is 0 Å². The molecule has 6 nitrogen and oxygen atoms in total. The van der Waals surface area contributed by atoms with Crippen LogP contribution >= 0.6 is 0 Å². The van der Waals surface area contributed by atoms with Crippen LogP contribution in [0.25, 0.3) is 0 Å². The molecule has 98 valence electrons. The quantitative estimate of drug-likeness (QED) is 0.689. The summed E-state index contributed by atoms with van der Waals surface area (Å²) in [5.41, 5.74) is 0.531. The number of imidazole rings is 1. The molecule has 0 bridgehead atoms. The molecule has 0 aromatic carbocycles. The summed E-state index contributed by atoms with van der Waals surface area (Å²) >= 11 is 0. The zero-order valence-corrected chi connectivity index (χ0v) is 10.8. The lowest BCUT2D eigenvalue weighted by Gasteiger charge is -2.36. The molecule has 18 heavy (non-hydrogen) atoms. The Bertz CT molecular complexity index is 447. The van der Waals surface area contributed by atoms with Gasteiger partial charge in [0.05, 0.1) is 6.33 Å². The van der Waals surface area contributed by atoms with Gasteiger partial charge < -0.3 is 15.6 Å². The second-order valence-corrected chi connectivity index (χ2v) is 5.65. The molecular weight excluding hydrogens is 232 g/mol. The highest BCUT2D eigenvalue weighted by molar-refractivity contribution is 5.97. The van der Waals surface area contributed by atoms with E-state index in [2.05, 4.69) is 20.6 Å². The molecule has 3 N–H and O–H groups in total. The Morgan fingerprint density at radius 3 is 2.50 bits per heavy atom. The molecule has 2 heterocycles. The van der Waals surface area contributed by atoms with Crippen LogP contribution in [0.5, 0.6) is 0 Å². The highest BCUT2D eigenvalue weighted by Crippen LogP contribution is 2.21. The average molecular weight is 250 g/mol. The third kappa shape index (κ3) is 2.52. The summed E-state index contributed by atoms with van der Waals surface area (Å²) in [6, 6.07) is -1.01. The summed E-state index contributed by atoms with van der Waals surface area (Å²) in [7, 11) is 0. The topological polar surface area (TPSA) is 86.9 Å². The molecule has 1 aliphatic rings. The number of carbonyl (C=O) groups excluding carboxylic acids is 2. The predicted octanol–water partition coefficient (Wildman–Crippen LogP) is -0.0185. The largest absolute Gasteiger partial charge is 0.348 e. The molecule has 1 saturated heterocycles. The van der Waals surface area contributed by atoms with Gasteiger partial charge in [0.25, 0.3) is 0 Å². The van der Waals surface area contributed by atoms with Gasteiger partial charge in [-0.15, -0.1) is 0 Å². The van der Waals surface area contributed by atoms with E-state index in [0.29, 0.717) is 6.42 Å². The van der Waals surface area contributed by atoms with Gasteiger partial charge >= 0.3 is 0 Å². The Kier molecular flexibility index (Phi) is 3.11. The first-order valence-electron chi connectivity index (χ1n) is 5.96. The van der Waals surface area contributed by atoms with E-state index in [1.54, 1.807) is 12.5 Å². The molecule has 0 saturated carbocycles. The van der Waals surface area contributed by atoms with Crippen molar-refractivity contribution in [3.63, 3.8) is 0 Å². The average Bonchev–Trinajstić information content (AvgIpc) is 2.74. The van der Waals surface area contributed by atoms with E-state index in [0.717, 1.165) is 5.69 Å². The number of H-pyrrole nitrogens is 1. The van der Waals surface area contributed by atoms with Gasteiger partial charge in [0.15, 0.2) is 0 Å². The molecule has 1 fully saturated rings. The van der Waals surface area contributed by atoms with Gasteiger partial charge in [0.2, 0.25) is 11.8 Å². The maximum absolute atomic E-state index is 12.0.